The van der Waals surface area contributed by atoms with Gasteiger partial charge in [0.15, 0.2) is 0 Å². The fourth-order valence-electron chi connectivity index (χ4n) is 9.48. The molecule has 0 saturated heterocycles. The lowest BCUT2D eigenvalue weighted by Gasteiger charge is -2.61. The van der Waals surface area contributed by atoms with E-state index in [-0.39, 0.29) is 18.1 Å². The molecule has 10 atom stereocenters. The van der Waals surface area contributed by atoms with E-state index in [4.69, 9.17) is 9.47 Å². The molecule has 0 heterocycles. The van der Waals surface area contributed by atoms with Crippen LogP contribution in [0.5, 0.6) is 0 Å². The normalized spacial score (nSPS) is 43.4. The summed E-state index contributed by atoms with van der Waals surface area (Å²) in [7, 11) is 3.32. The predicted molar refractivity (Wildman–Crippen MR) is 135 cm³/mol. The topological polar surface area (TPSA) is 67.8 Å². The van der Waals surface area contributed by atoms with E-state index in [1.807, 2.05) is 0 Å². The van der Waals surface area contributed by atoms with Gasteiger partial charge in [0.05, 0.1) is 18.8 Å². The molecule has 4 saturated carbocycles. The van der Waals surface area contributed by atoms with Gasteiger partial charge in [0, 0.05) is 27.2 Å². The number of nitrogens with one attached hydrogen (secondary N) is 1. The van der Waals surface area contributed by atoms with Crippen molar-refractivity contribution < 1.29 is 19.4 Å². The summed E-state index contributed by atoms with van der Waals surface area (Å²) in [5.74, 6) is 4.79. The lowest BCUT2D eigenvalue weighted by molar-refractivity contribution is -0.130. The van der Waals surface area contributed by atoms with Crippen LogP contribution in [0, 0.1) is 46.3 Å². The smallest absolute Gasteiger partial charge is 0.220 e. The maximum absolute atomic E-state index is 12.5. The van der Waals surface area contributed by atoms with Gasteiger partial charge >= 0.3 is 0 Å². The maximum atomic E-state index is 12.5. The molecule has 2 N–H and O–H groups in total. The Bertz CT molecular complexity index is 700. The van der Waals surface area contributed by atoms with Gasteiger partial charge in [-0.25, -0.2) is 0 Å². The van der Waals surface area contributed by atoms with Crippen molar-refractivity contribution in [3.05, 3.63) is 0 Å². The van der Waals surface area contributed by atoms with E-state index in [0.717, 1.165) is 48.9 Å². The Labute approximate surface area is 208 Å². The van der Waals surface area contributed by atoms with E-state index < -0.39 is 0 Å². The molecule has 4 rings (SSSR count). The number of hydrogen-bond donors (Lipinski definition) is 2. The molecule has 0 bridgehead atoms. The third-order valence-electron chi connectivity index (χ3n) is 11.4. The quantitative estimate of drug-likeness (QED) is 0.479. The number of amides is 1. The zero-order chi connectivity index (χ0) is 24.5. The number of aliphatic hydroxyl groups is 1. The van der Waals surface area contributed by atoms with Crippen LogP contribution >= 0.6 is 0 Å². The Morgan fingerprint density at radius 3 is 2.50 bits per heavy atom. The first-order chi connectivity index (χ1) is 16.2. The third kappa shape index (κ3) is 4.95. The van der Waals surface area contributed by atoms with Crippen LogP contribution in [-0.4, -0.2) is 50.6 Å². The zero-order valence-electron chi connectivity index (χ0n) is 22.5. The van der Waals surface area contributed by atoms with Crippen LogP contribution in [0.15, 0.2) is 0 Å². The predicted octanol–water partition coefficient (Wildman–Crippen LogP) is 5.20. The van der Waals surface area contributed by atoms with Crippen LogP contribution < -0.4 is 5.32 Å². The summed E-state index contributed by atoms with van der Waals surface area (Å²) < 4.78 is 10.5. The molecule has 4 fully saturated rings. The van der Waals surface area contributed by atoms with Crippen molar-refractivity contribution in [2.45, 2.75) is 104 Å². The summed E-state index contributed by atoms with van der Waals surface area (Å²) in [5.41, 5.74) is 0.891. The number of methoxy groups -OCH3 is 2. The second-order valence-corrected chi connectivity index (χ2v) is 12.9. The second kappa shape index (κ2) is 10.8. The van der Waals surface area contributed by atoms with Crippen molar-refractivity contribution in [1.29, 1.82) is 0 Å². The van der Waals surface area contributed by atoms with Crippen LogP contribution in [-0.2, 0) is 14.3 Å². The summed E-state index contributed by atoms with van der Waals surface area (Å²) in [6, 6.07) is 0. The SMILES string of the molecule is COCC(CNC(=O)CC[C@@H](C)[C@H]1CCC2C3CC[C@@H]4C[C@H](O)CC[C@]4(C)C3CC[C@@]21C)OC. The minimum Gasteiger partial charge on any atom is -0.393 e. The Morgan fingerprint density at radius 2 is 1.76 bits per heavy atom. The molecule has 5 heteroatoms. The molecule has 196 valence electrons. The highest BCUT2D eigenvalue weighted by Crippen LogP contribution is 2.68. The molecule has 0 aliphatic heterocycles. The molecule has 1 amide bonds. The molecule has 4 aliphatic carbocycles. The zero-order valence-corrected chi connectivity index (χ0v) is 22.5. The fraction of sp³-hybridized carbons (Fsp3) is 0.966. The van der Waals surface area contributed by atoms with E-state index in [1.54, 1.807) is 14.2 Å². The maximum Gasteiger partial charge on any atom is 0.220 e. The minimum absolute atomic E-state index is 0.0576. The highest BCUT2D eigenvalue weighted by Gasteiger charge is 2.60. The highest BCUT2D eigenvalue weighted by molar-refractivity contribution is 5.75. The summed E-state index contributed by atoms with van der Waals surface area (Å²) >= 11 is 0. The first kappa shape index (κ1) is 26.4. The van der Waals surface area contributed by atoms with Crippen molar-refractivity contribution in [3.8, 4) is 0 Å². The molecule has 5 nitrogen and oxygen atoms in total. The molecule has 0 aromatic carbocycles. The van der Waals surface area contributed by atoms with Gasteiger partial charge in [-0.2, -0.15) is 0 Å². The third-order valence-corrected chi connectivity index (χ3v) is 11.4. The van der Waals surface area contributed by atoms with E-state index in [2.05, 4.69) is 26.1 Å². The first-order valence-corrected chi connectivity index (χ1v) is 14.2. The monoisotopic (exact) mass is 477 g/mol. The Balaban J connectivity index is 1.33. The van der Waals surface area contributed by atoms with Crippen molar-refractivity contribution in [1.82, 2.24) is 5.32 Å². The number of rotatable bonds is 9. The van der Waals surface area contributed by atoms with E-state index in [0.29, 0.717) is 36.3 Å². The van der Waals surface area contributed by atoms with E-state index in [1.165, 1.54) is 44.9 Å². The summed E-state index contributed by atoms with van der Waals surface area (Å²) in [6.45, 7) is 8.60. The molecule has 0 radical (unpaired) electrons. The van der Waals surface area contributed by atoms with Crippen LogP contribution in [0.4, 0.5) is 0 Å². The summed E-state index contributed by atoms with van der Waals surface area (Å²) in [6.07, 6.45) is 12.9. The molecular weight excluding hydrogens is 426 g/mol. The standard InChI is InChI=1S/C29H51NO4/c1-19(6-11-27(32)30-17-22(34-5)18-33-4)24-9-10-25-23-8-7-20-16-21(31)12-14-28(20,2)26(23)13-15-29(24,25)3/h19-26,31H,6-18H2,1-5H3,(H,30,32)/t19-,20-,21-,22?,23?,24-,25?,26?,28+,29-/m1/s1. The molecule has 4 aliphatic rings. The molecule has 4 unspecified atom stereocenters. The number of aliphatic hydroxyl groups excluding tert-OH is 1. The van der Waals surface area contributed by atoms with Gasteiger partial charge in [-0.15, -0.1) is 0 Å². The van der Waals surface area contributed by atoms with Gasteiger partial charge in [0.2, 0.25) is 5.91 Å². The number of fused-ring (bicyclic) bond motifs is 5. The average molecular weight is 478 g/mol. The summed E-state index contributed by atoms with van der Waals surface area (Å²) in [5, 5.41) is 13.3. The number of carbonyl (C=O) groups excluding carboxylic acids is 1. The highest BCUT2D eigenvalue weighted by atomic mass is 16.5. The molecule has 34 heavy (non-hydrogen) atoms. The Kier molecular flexibility index (Phi) is 8.36. The Hall–Kier alpha value is -0.650. The molecule has 0 aromatic rings. The van der Waals surface area contributed by atoms with Gasteiger partial charge in [0.25, 0.3) is 0 Å². The van der Waals surface area contributed by atoms with Crippen LogP contribution in [0.2, 0.25) is 0 Å². The van der Waals surface area contributed by atoms with Crippen LogP contribution in [0.1, 0.15) is 91.4 Å². The average Bonchev–Trinajstić information content (AvgIpc) is 3.18. The van der Waals surface area contributed by atoms with Gasteiger partial charge in [0.1, 0.15) is 0 Å². The Morgan fingerprint density at radius 1 is 1.03 bits per heavy atom. The summed E-state index contributed by atoms with van der Waals surface area (Å²) in [4.78, 5) is 12.5. The molecular formula is C29H51NO4. The van der Waals surface area contributed by atoms with E-state index >= 15 is 0 Å². The lowest BCUT2D eigenvalue weighted by atomic mass is 9.44. The van der Waals surface area contributed by atoms with Crippen molar-refractivity contribution in [2.24, 2.45) is 46.3 Å². The molecule has 0 aromatic heterocycles. The number of ether oxygens (including phenoxy) is 2. The first-order valence-electron chi connectivity index (χ1n) is 14.2. The molecule has 0 spiro atoms. The lowest BCUT2D eigenvalue weighted by Crippen LogP contribution is -2.54. The minimum atomic E-state index is -0.0829. The second-order valence-electron chi connectivity index (χ2n) is 12.9. The van der Waals surface area contributed by atoms with Gasteiger partial charge in [-0.1, -0.05) is 20.8 Å². The van der Waals surface area contributed by atoms with Gasteiger partial charge in [-0.3, -0.25) is 4.79 Å². The van der Waals surface area contributed by atoms with Crippen LogP contribution in [0.3, 0.4) is 0 Å². The largest absolute Gasteiger partial charge is 0.393 e. The van der Waals surface area contributed by atoms with Crippen LogP contribution in [0.25, 0.3) is 0 Å². The van der Waals surface area contributed by atoms with Gasteiger partial charge < -0.3 is 19.9 Å². The van der Waals surface area contributed by atoms with Crippen molar-refractivity contribution >= 4 is 5.91 Å². The fourth-order valence-corrected chi connectivity index (χ4v) is 9.48. The van der Waals surface area contributed by atoms with Gasteiger partial charge in [-0.05, 0) is 111 Å². The van der Waals surface area contributed by atoms with Crippen molar-refractivity contribution in [3.63, 3.8) is 0 Å². The number of hydrogen-bond acceptors (Lipinski definition) is 4. The number of carbonyl (C=O) groups is 1. The van der Waals surface area contributed by atoms with Crippen molar-refractivity contribution in [2.75, 3.05) is 27.4 Å². The van der Waals surface area contributed by atoms with E-state index in [9.17, 15) is 9.90 Å².